The van der Waals surface area contributed by atoms with Crippen LogP contribution in [0.2, 0.25) is 5.02 Å². The van der Waals surface area contributed by atoms with Gasteiger partial charge in [0, 0.05) is 32.9 Å². The van der Waals surface area contributed by atoms with Crippen molar-refractivity contribution in [1.29, 1.82) is 0 Å². The third kappa shape index (κ3) is 8.84. The van der Waals surface area contributed by atoms with E-state index in [1.165, 1.54) is 35.3 Å². The number of hydrogen-bond donors (Lipinski definition) is 0. The minimum Gasteiger partial charge on any atom is -0.258 e. The lowest BCUT2D eigenvalue weighted by Crippen LogP contribution is -2.03. The standard InChI is InChI=1S/C17H18Cl3NO2S5/c18-12-2-4-13(5-3-12)28-17-15(21(22)23)14(19)16(20)26-10-8-24-6-1-7-25-9-11-27-17/h2-5H,1,6-11H2/b16-14+,17-15-. The summed E-state index contributed by atoms with van der Waals surface area (Å²) < 4.78 is 0.814. The summed E-state index contributed by atoms with van der Waals surface area (Å²) in [6, 6.07) is 7.21. The molecule has 0 atom stereocenters. The van der Waals surface area contributed by atoms with E-state index < -0.39 is 4.92 Å². The van der Waals surface area contributed by atoms with Crippen molar-refractivity contribution >= 4 is 93.6 Å². The molecular weight excluding hydrogens is 517 g/mol. The van der Waals surface area contributed by atoms with Gasteiger partial charge >= 0.3 is 5.70 Å². The number of benzene rings is 1. The van der Waals surface area contributed by atoms with Gasteiger partial charge in [0.25, 0.3) is 0 Å². The highest BCUT2D eigenvalue weighted by atomic mass is 35.5. The Morgan fingerprint density at radius 3 is 2.11 bits per heavy atom. The highest BCUT2D eigenvalue weighted by molar-refractivity contribution is 8.22. The maximum atomic E-state index is 11.9. The summed E-state index contributed by atoms with van der Waals surface area (Å²) in [5, 5.41) is 12.5. The topological polar surface area (TPSA) is 43.1 Å². The van der Waals surface area contributed by atoms with E-state index in [1.807, 2.05) is 35.7 Å². The average molecular weight is 535 g/mol. The van der Waals surface area contributed by atoms with Crippen LogP contribution in [0, 0.1) is 10.1 Å². The molecule has 1 heterocycles. The van der Waals surface area contributed by atoms with Crippen LogP contribution in [0.3, 0.4) is 0 Å². The van der Waals surface area contributed by atoms with Gasteiger partial charge in [0.15, 0.2) is 0 Å². The van der Waals surface area contributed by atoms with E-state index in [0.29, 0.717) is 9.26 Å². The molecule has 0 bridgehead atoms. The molecule has 0 aliphatic carbocycles. The van der Waals surface area contributed by atoms with Crippen molar-refractivity contribution < 1.29 is 4.92 Å². The Morgan fingerprint density at radius 2 is 1.50 bits per heavy atom. The Morgan fingerprint density at radius 1 is 0.893 bits per heavy atom. The van der Waals surface area contributed by atoms with Crippen molar-refractivity contribution in [3.05, 3.63) is 58.7 Å². The van der Waals surface area contributed by atoms with Gasteiger partial charge in [-0.05, 0) is 42.2 Å². The lowest BCUT2D eigenvalue weighted by atomic mass is 10.4. The minimum absolute atomic E-state index is 0.00755. The summed E-state index contributed by atoms with van der Waals surface area (Å²) >= 11 is 26.5. The molecule has 1 aliphatic rings. The summed E-state index contributed by atoms with van der Waals surface area (Å²) in [5.41, 5.74) is -0.128. The number of nitrogens with zero attached hydrogens (tertiary/aromatic N) is 1. The number of allylic oxidation sites excluding steroid dienone is 1. The van der Waals surface area contributed by atoms with Gasteiger partial charge < -0.3 is 0 Å². The Hall–Kier alpha value is 0.720. The van der Waals surface area contributed by atoms with E-state index in [9.17, 15) is 10.1 Å². The molecular formula is C17H18Cl3NO2S5. The van der Waals surface area contributed by atoms with E-state index in [0.717, 1.165) is 45.8 Å². The fourth-order valence-corrected chi connectivity index (χ4v) is 8.23. The second kappa shape index (κ2) is 13.9. The number of thioether (sulfide) groups is 5. The molecule has 1 aliphatic heterocycles. The lowest BCUT2D eigenvalue weighted by Gasteiger charge is -2.10. The highest BCUT2D eigenvalue weighted by Gasteiger charge is 2.27. The van der Waals surface area contributed by atoms with Gasteiger partial charge in [-0.1, -0.05) is 46.6 Å². The number of halogens is 3. The summed E-state index contributed by atoms with van der Waals surface area (Å²) in [6.07, 6.45) is 1.16. The molecule has 1 aromatic rings. The van der Waals surface area contributed by atoms with Crippen LogP contribution in [0.15, 0.2) is 48.5 Å². The first-order valence-electron chi connectivity index (χ1n) is 8.28. The van der Waals surface area contributed by atoms with Crippen molar-refractivity contribution in [1.82, 2.24) is 0 Å². The minimum atomic E-state index is -0.434. The third-order valence-electron chi connectivity index (χ3n) is 3.28. The zero-order chi connectivity index (χ0) is 20.4. The van der Waals surface area contributed by atoms with Crippen molar-refractivity contribution in [3.8, 4) is 0 Å². The second-order valence-electron chi connectivity index (χ2n) is 5.31. The fourth-order valence-electron chi connectivity index (χ4n) is 2.01. The first kappa shape index (κ1) is 25.0. The van der Waals surface area contributed by atoms with Crippen molar-refractivity contribution in [3.63, 3.8) is 0 Å². The molecule has 11 heteroatoms. The Balaban J connectivity index is 2.35. The van der Waals surface area contributed by atoms with Crippen LogP contribution in [0.25, 0.3) is 0 Å². The molecule has 1 aromatic carbocycles. The monoisotopic (exact) mass is 533 g/mol. The van der Waals surface area contributed by atoms with Crippen LogP contribution in [-0.4, -0.2) is 39.4 Å². The van der Waals surface area contributed by atoms with Crippen LogP contribution < -0.4 is 0 Å². The molecule has 0 N–H and O–H groups in total. The SMILES string of the molecule is O=[N+]([O-])C1=C(\Sc2ccc(Cl)cc2)SCCSCCCSCCS/C(Cl)=C\1Cl. The summed E-state index contributed by atoms with van der Waals surface area (Å²) in [5.74, 6) is 5.62. The van der Waals surface area contributed by atoms with Gasteiger partial charge in [-0.3, -0.25) is 10.1 Å². The molecule has 3 nitrogen and oxygen atoms in total. The third-order valence-corrected chi connectivity index (χ3v) is 10.5. The maximum Gasteiger partial charge on any atom is 0.310 e. The number of hydrogen-bond acceptors (Lipinski definition) is 7. The second-order valence-corrected chi connectivity index (χ2v) is 12.7. The zero-order valence-electron chi connectivity index (χ0n) is 14.7. The molecule has 0 radical (unpaired) electrons. The summed E-state index contributed by atoms with van der Waals surface area (Å²) in [6.45, 7) is 0. The number of nitro groups is 1. The van der Waals surface area contributed by atoms with E-state index in [1.54, 1.807) is 12.1 Å². The van der Waals surface area contributed by atoms with Crippen LogP contribution >= 0.6 is 93.6 Å². The van der Waals surface area contributed by atoms with Crippen molar-refractivity contribution in [2.45, 2.75) is 11.3 Å². The van der Waals surface area contributed by atoms with E-state index in [4.69, 9.17) is 34.8 Å². The van der Waals surface area contributed by atoms with Gasteiger partial charge in [0.1, 0.15) is 9.27 Å². The normalized spacial score (nSPS) is 23.7. The molecule has 0 unspecified atom stereocenters. The quantitative estimate of drug-likeness (QED) is 0.289. The van der Waals surface area contributed by atoms with Crippen LogP contribution in [0.5, 0.6) is 0 Å². The molecule has 0 amide bonds. The highest BCUT2D eigenvalue weighted by Crippen LogP contribution is 2.43. The smallest absolute Gasteiger partial charge is 0.258 e. The van der Waals surface area contributed by atoms with Crippen molar-refractivity contribution in [2.24, 2.45) is 0 Å². The predicted octanol–water partition coefficient (Wildman–Crippen LogP) is 7.86. The maximum absolute atomic E-state index is 11.9. The molecule has 28 heavy (non-hydrogen) atoms. The molecule has 0 aromatic heterocycles. The number of rotatable bonds is 3. The van der Waals surface area contributed by atoms with Crippen LogP contribution in [-0.2, 0) is 0 Å². The molecule has 0 saturated carbocycles. The predicted molar refractivity (Wildman–Crippen MR) is 134 cm³/mol. The van der Waals surface area contributed by atoms with Gasteiger partial charge in [-0.2, -0.15) is 23.5 Å². The fraction of sp³-hybridized carbons (Fsp3) is 0.412. The Kier molecular flexibility index (Phi) is 12.4. The lowest BCUT2D eigenvalue weighted by molar-refractivity contribution is -0.419. The van der Waals surface area contributed by atoms with Gasteiger partial charge in [-0.25, -0.2) is 0 Å². The Labute approximate surface area is 201 Å². The van der Waals surface area contributed by atoms with Gasteiger partial charge in [-0.15, -0.1) is 23.5 Å². The zero-order valence-corrected chi connectivity index (χ0v) is 21.0. The van der Waals surface area contributed by atoms with E-state index in [-0.39, 0.29) is 15.1 Å². The molecule has 154 valence electrons. The van der Waals surface area contributed by atoms with Gasteiger partial charge in [0.2, 0.25) is 0 Å². The van der Waals surface area contributed by atoms with E-state index in [2.05, 4.69) is 0 Å². The molecule has 0 spiro atoms. The van der Waals surface area contributed by atoms with E-state index >= 15 is 0 Å². The molecule has 0 fully saturated rings. The molecule has 0 saturated heterocycles. The summed E-state index contributed by atoms with van der Waals surface area (Å²) in [7, 11) is 0. The summed E-state index contributed by atoms with van der Waals surface area (Å²) in [4.78, 5) is 12.3. The van der Waals surface area contributed by atoms with Crippen LogP contribution in [0.1, 0.15) is 6.42 Å². The Bertz CT molecular complexity index is 728. The van der Waals surface area contributed by atoms with Crippen LogP contribution in [0.4, 0.5) is 0 Å². The van der Waals surface area contributed by atoms with Gasteiger partial charge in [0.05, 0.1) is 9.29 Å². The average Bonchev–Trinajstić information content (AvgIpc) is 2.67. The van der Waals surface area contributed by atoms with Crippen molar-refractivity contribution in [2.75, 3.05) is 34.5 Å². The first-order valence-corrected chi connectivity index (χ1v) is 14.5. The first-order chi connectivity index (χ1) is 13.5. The molecule has 2 rings (SSSR count). The largest absolute Gasteiger partial charge is 0.310 e.